The van der Waals surface area contributed by atoms with E-state index >= 15 is 0 Å². The molecule has 7 nitrogen and oxygen atoms in total. The van der Waals surface area contributed by atoms with Crippen LogP contribution in [0.25, 0.3) is 0 Å². The van der Waals surface area contributed by atoms with Gasteiger partial charge < -0.3 is 9.84 Å². The number of nitrogens with one attached hydrogen (secondary N) is 2. The monoisotopic (exact) mass is 263 g/mol. The molecule has 2 N–H and O–H groups in total. The highest BCUT2D eigenvalue weighted by atomic mass is 16.5. The van der Waals surface area contributed by atoms with Gasteiger partial charge in [-0.05, 0) is 6.92 Å². The van der Waals surface area contributed by atoms with Gasteiger partial charge in [-0.2, -0.15) is 5.10 Å². The number of aromatic amines is 1. The van der Waals surface area contributed by atoms with Crippen LogP contribution in [0.3, 0.4) is 0 Å². The van der Waals surface area contributed by atoms with E-state index < -0.39 is 0 Å². The van der Waals surface area contributed by atoms with Gasteiger partial charge in [0.25, 0.3) is 5.91 Å². The lowest BCUT2D eigenvalue weighted by Gasteiger charge is -2.12. The van der Waals surface area contributed by atoms with E-state index in [1.54, 1.807) is 6.07 Å². The van der Waals surface area contributed by atoms with Crippen molar-refractivity contribution in [3.8, 4) is 0 Å². The lowest BCUT2D eigenvalue weighted by molar-refractivity contribution is 0.0929. The molecular weight excluding hydrogens is 246 g/mol. The van der Waals surface area contributed by atoms with Crippen LogP contribution in [0.4, 0.5) is 0 Å². The predicted molar refractivity (Wildman–Crippen MR) is 67.5 cm³/mol. The average molecular weight is 263 g/mol. The van der Waals surface area contributed by atoms with E-state index in [0.29, 0.717) is 11.6 Å². The second-order valence-electron chi connectivity index (χ2n) is 5.39. The number of hydrogen-bond acceptors (Lipinski definition) is 5. The first kappa shape index (κ1) is 13.3. The molecule has 0 unspecified atom stereocenters. The van der Waals surface area contributed by atoms with E-state index in [4.69, 9.17) is 4.52 Å². The van der Waals surface area contributed by atoms with Crippen LogP contribution in [0.15, 0.2) is 16.9 Å². The molecule has 19 heavy (non-hydrogen) atoms. The minimum atomic E-state index is -0.303. The fourth-order valence-corrected chi connectivity index (χ4v) is 1.50. The van der Waals surface area contributed by atoms with Crippen LogP contribution in [0.5, 0.6) is 0 Å². The topological polar surface area (TPSA) is 96.7 Å². The molecule has 0 radical (unpaired) electrons. The normalized spacial score (nSPS) is 13.3. The maximum Gasteiger partial charge on any atom is 0.274 e. The third kappa shape index (κ3) is 2.98. The summed E-state index contributed by atoms with van der Waals surface area (Å²) in [6.07, 6.45) is 1.39. The molecular formula is C12H17N5O2. The Bertz CT molecular complexity index is 553. The summed E-state index contributed by atoms with van der Waals surface area (Å²) >= 11 is 0. The first-order chi connectivity index (χ1) is 8.88. The third-order valence-electron chi connectivity index (χ3n) is 2.67. The van der Waals surface area contributed by atoms with Gasteiger partial charge >= 0.3 is 0 Å². The van der Waals surface area contributed by atoms with Crippen LogP contribution in [0, 0.1) is 0 Å². The highest BCUT2D eigenvalue weighted by Gasteiger charge is 2.23. The summed E-state index contributed by atoms with van der Waals surface area (Å²) in [6, 6.07) is 1.38. The molecule has 2 heterocycles. The van der Waals surface area contributed by atoms with E-state index in [2.05, 4.69) is 25.7 Å². The third-order valence-corrected chi connectivity index (χ3v) is 2.67. The van der Waals surface area contributed by atoms with Gasteiger partial charge in [-0.3, -0.25) is 9.89 Å². The standard InChI is InChI=1S/C12H17N5O2/c1-7(10-13-6-14-16-10)15-11(18)8-5-9(19-17-8)12(2,3)4/h5-7H,1-4H3,(H,15,18)(H,13,14,16)/t7-/m0/s1. The highest BCUT2D eigenvalue weighted by Crippen LogP contribution is 2.22. The smallest absolute Gasteiger partial charge is 0.274 e. The number of amides is 1. The molecule has 0 bridgehead atoms. The SMILES string of the molecule is C[C@H](NC(=O)c1cc(C(C)(C)C)on1)c1ncn[nH]1. The predicted octanol–water partition coefficient (Wildman–Crippen LogP) is 1.58. The molecule has 2 aromatic rings. The second-order valence-corrected chi connectivity index (χ2v) is 5.39. The summed E-state index contributed by atoms with van der Waals surface area (Å²) in [4.78, 5) is 16.0. The summed E-state index contributed by atoms with van der Waals surface area (Å²) < 4.78 is 5.18. The summed E-state index contributed by atoms with van der Waals surface area (Å²) in [5.41, 5.74) is 0.0820. The van der Waals surface area contributed by atoms with Crippen LogP contribution >= 0.6 is 0 Å². The Morgan fingerprint density at radius 3 is 2.74 bits per heavy atom. The Kier molecular flexibility index (Phi) is 3.37. The molecule has 1 atom stereocenters. The lowest BCUT2D eigenvalue weighted by Crippen LogP contribution is -2.27. The number of nitrogens with zero attached hydrogens (tertiary/aromatic N) is 3. The van der Waals surface area contributed by atoms with Crippen molar-refractivity contribution in [1.82, 2.24) is 25.7 Å². The molecule has 102 valence electrons. The number of rotatable bonds is 3. The zero-order chi connectivity index (χ0) is 14.0. The van der Waals surface area contributed by atoms with Gasteiger partial charge in [0.05, 0.1) is 6.04 Å². The Hall–Kier alpha value is -2.18. The van der Waals surface area contributed by atoms with E-state index in [1.807, 2.05) is 27.7 Å². The Morgan fingerprint density at radius 1 is 1.47 bits per heavy atom. The van der Waals surface area contributed by atoms with Crippen molar-refractivity contribution in [1.29, 1.82) is 0 Å². The fraction of sp³-hybridized carbons (Fsp3) is 0.500. The van der Waals surface area contributed by atoms with Crippen LogP contribution in [-0.4, -0.2) is 26.2 Å². The molecule has 0 fully saturated rings. The molecule has 0 aliphatic heterocycles. The first-order valence-corrected chi connectivity index (χ1v) is 6.01. The number of hydrogen-bond donors (Lipinski definition) is 2. The van der Waals surface area contributed by atoms with Gasteiger partial charge in [0, 0.05) is 11.5 Å². The molecule has 2 rings (SSSR count). The number of H-pyrrole nitrogens is 1. The van der Waals surface area contributed by atoms with Crippen molar-refractivity contribution in [3.63, 3.8) is 0 Å². The zero-order valence-electron chi connectivity index (χ0n) is 11.4. The molecule has 0 aliphatic rings. The zero-order valence-corrected chi connectivity index (χ0v) is 11.4. The Labute approximate surface area is 110 Å². The number of aromatic nitrogens is 4. The van der Waals surface area contributed by atoms with Gasteiger partial charge in [0.1, 0.15) is 17.9 Å². The van der Waals surface area contributed by atoms with Crippen molar-refractivity contribution < 1.29 is 9.32 Å². The minimum Gasteiger partial charge on any atom is -0.360 e. The van der Waals surface area contributed by atoms with Crippen LogP contribution in [0.1, 0.15) is 55.8 Å². The van der Waals surface area contributed by atoms with Crippen LogP contribution in [-0.2, 0) is 5.41 Å². The molecule has 7 heteroatoms. The number of carbonyl (C=O) groups is 1. The average Bonchev–Trinajstić information content (AvgIpc) is 3.00. The van der Waals surface area contributed by atoms with Gasteiger partial charge in [-0.25, -0.2) is 4.98 Å². The molecule has 0 aliphatic carbocycles. The Balaban J connectivity index is 2.06. The van der Waals surface area contributed by atoms with Gasteiger partial charge in [-0.1, -0.05) is 25.9 Å². The lowest BCUT2D eigenvalue weighted by atomic mass is 9.93. The molecule has 0 saturated carbocycles. The molecule has 0 saturated heterocycles. The molecule has 0 aromatic carbocycles. The van der Waals surface area contributed by atoms with Gasteiger partial charge in [-0.15, -0.1) is 0 Å². The minimum absolute atomic E-state index is 0.178. The Morgan fingerprint density at radius 2 is 2.21 bits per heavy atom. The molecule has 1 amide bonds. The molecule has 2 aromatic heterocycles. The van der Waals surface area contributed by atoms with Crippen molar-refractivity contribution in [2.24, 2.45) is 0 Å². The van der Waals surface area contributed by atoms with Crippen LogP contribution in [0.2, 0.25) is 0 Å². The van der Waals surface area contributed by atoms with E-state index in [1.165, 1.54) is 6.33 Å². The summed E-state index contributed by atoms with van der Waals surface area (Å²) in [5, 5.41) is 13.0. The van der Waals surface area contributed by atoms with E-state index in [9.17, 15) is 4.79 Å². The van der Waals surface area contributed by atoms with E-state index in [-0.39, 0.29) is 23.1 Å². The summed E-state index contributed by atoms with van der Waals surface area (Å²) in [7, 11) is 0. The van der Waals surface area contributed by atoms with E-state index in [0.717, 1.165) is 0 Å². The second kappa shape index (κ2) is 4.83. The maximum absolute atomic E-state index is 12.0. The van der Waals surface area contributed by atoms with Crippen molar-refractivity contribution in [2.75, 3.05) is 0 Å². The van der Waals surface area contributed by atoms with Gasteiger partial charge in [0.15, 0.2) is 5.69 Å². The fourth-order valence-electron chi connectivity index (χ4n) is 1.50. The van der Waals surface area contributed by atoms with Crippen molar-refractivity contribution in [2.45, 2.75) is 39.2 Å². The van der Waals surface area contributed by atoms with Gasteiger partial charge in [0.2, 0.25) is 0 Å². The van der Waals surface area contributed by atoms with Crippen molar-refractivity contribution >= 4 is 5.91 Å². The van der Waals surface area contributed by atoms with Crippen LogP contribution < -0.4 is 5.32 Å². The quantitative estimate of drug-likeness (QED) is 0.876. The van der Waals surface area contributed by atoms with Crippen molar-refractivity contribution in [3.05, 3.63) is 29.7 Å². The number of carbonyl (C=O) groups excluding carboxylic acids is 1. The largest absolute Gasteiger partial charge is 0.360 e. The highest BCUT2D eigenvalue weighted by molar-refractivity contribution is 5.92. The maximum atomic E-state index is 12.0. The summed E-state index contributed by atoms with van der Waals surface area (Å²) in [6.45, 7) is 7.79. The molecule has 0 spiro atoms. The summed E-state index contributed by atoms with van der Waals surface area (Å²) in [5.74, 6) is 0.959. The first-order valence-electron chi connectivity index (χ1n) is 6.01.